The Hall–Kier alpha value is -3.60. The molecule has 3 rings (SSSR count). The van der Waals surface area contributed by atoms with Gasteiger partial charge in [-0.1, -0.05) is 66.7 Å². The summed E-state index contributed by atoms with van der Waals surface area (Å²) in [6.45, 7) is 2.45. The Morgan fingerprint density at radius 2 is 1.39 bits per heavy atom. The molecule has 0 heterocycles. The molecule has 2 amide bonds. The first-order chi connectivity index (χ1) is 13.5. The quantitative estimate of drug-likeness (QED) is 0.526. The molecule has 2 N–H and O–H groups in total. The number of nitrogens with zero attached hydrogens (tertiary/aromatic N) is 1. The number of hydrogen-bond acceptors (Lipinski definition) is 3. The van der Waals surface area contributed by atoms with E-state index in [1.54, 1.807) is 12.1 Å². The van der Waals surface area contributed by atoms with Gasteiger partial charge >= 0.3 is 11.8 Å². The molecular weight excluding hydrogens is 352 g/mol. The van der Waals surface area contributed by atoms with Gasteiger partial charge in [-0.15, -0.1) is 0 Å². The summed E-state index contributed by atoms with van der Waals surface area (Å²) in [5, 5.41) is 12.5. The third kappa shape index (κ3) is 4.98. The molecule has 28 heavy (non-hydrogen) atoms. The molecule has 0 aromatic heterocycles. The predicted octanol–water partition coefficient (Wildman–Crippen LogP) is 3.87. The Bertz CT molecular complexity index is 915. The Labute approximate surface area is 164 Å². The van der Waals surface area contributed by atoms with E-state index in [9.17, 15) is 14.7 Å². The first-order valence-electron chi connectivity index (χ1n) is 9.00. The zero-order chi connectivity index (χ0) is 19.9. The van der Waals surface area contributed by atoms with Gasteiger partial charge in [-0.3, -0.25) is 9.59 Å². The predicted molar refractivity (Wildman–Crippen MR) is 109 cm³/mol. The van der Waals surface area contributed by atoms with Crippen molar-refractivity contribution < 1.29 is 14.7 Å². The summed E-state index contributed by atoms with van der Waals surface area (Å²) in [6, 6.07) is 23.9. The average molecular weight is 374 g/mol. The lowest BCUT2D eigenvalue weighted by Gasteiger charge is -2.22. The van der Waals surface area contributed by atoms with Crippen LogP contribution in [0.15, 0.2) is 78.9 Å². The van der Waals surface area contributed by atoms with Crippen LogP contribution in [0.25, 0.3) is 0 Å². The molecular formula is C23H22N2O3. The SMILES string of the molecule is Cc1ccc(NC(=O)C(=O)N(Cc2ccccc2)Cc2ccccc2)c(O)c1. The van der Waals surface area contributed by atoms with Gasteiger partial charge in [0.25, 0.3) is 0 Å². The first kappa shape index (κ1) is 19.2. The summed E-state index contributed by atoms with van der Waals surface area (Å²) in [7, 11) is 0. The van der Waals surface area contributed by atoms with Crippen LogP contribution < -0.4 is 5.32 Å². The molecule has 3 aromatic rings. The molecule has 0 spiro atoms. The van der Waals surface area contributed by atoms with Gasteiger partial charge in [-0.2, -0.15) is 0 Å². The maximum atomic E-state index is 12.9. The van der Waals surface area contributed by atoms with Gasteiger partial charge in [0.1, 0.15) is 5.75 Å². The van der Waals surface area contributed by atoms with Crippen LogP contribution in [0.5, 0.6) is 5.75 Å². The molecule has 0 aliphatic carbocycles. The van der Waals surface area contributed by atoms with Crippen LogP contribution in [0, 0.1) is 6.92 Å². The van der Waals surface area contributed by atoms with E-state index in [1.165, 1.54) is 11.0 Å². The van der Waals surface area contributed by atoms with Crippen molar-refractivity contribution in [1.82, 2.24) is 4.90 Å². The maximum absolute atomic E-state index is 12.9. The smallest absolute Gasteiger partial charge is 0.314 e. The van der Waals surface area contributed by atoms with Crippen molar-refractivity contribution in [3.05, 3.63) is 95.6 Å². The van der Waals surface area contributed by atoms with E-state index in [-0.39, 0.29) is 11.4 Å². The van der Waals surface area contributed by atoms with Crippen LogP contribution in [0.4, 0.5) is 5.69 Å². The van der Waals surface area contributed by atoms with Gasteiger partial charge in [-0.25, -0.2) is 0 Å². The van der Waals surface area contributed by atoms with Gasteiger partial charge in [0, 0.05) is 13.1 Å². The first-order valence-corrected chi connectivity index (χ1v) is 9.00. The van der Waals surface area contributed by atoms with E-state index in [1.807, 2.05) is 67.6 Å². The molecule has 5 nitrogen and oxygen atoms in total. The van der Waals surface area contributed by atoms with E-state index < -0.39 is 11.8 Å². The fourth-order valence-corrected chi connectivity index (χ4v) is 2.87. The fourth-order valence-electron chi connectivity index (χ4n) is 2.87. The van der Waals surface area contributed by atoms with Crippen LogP contribution in [0.1, 0.15) is 16.7 Å². The zero-order valence-corrected chi connectivity index (χ0v) is 15.6. The lowest BCUT2D eigenvalue weighted by molar-refractivity contribution is -0.144. The Morgan fingerprint density at radius 1 is 0.857 bits per heavy atom. The molecule has 0 bridgehead atoms. The van der Waals surface area contributed by atoms with E-state index in [0.717, 1.165) is 16.7 Å². The normalized spacial score (nSPS) is 10.3. The second kappa shape index (κ2) is 8.86. The highest BCUT2D eigenvalue weighted by atomic mass is 16.3. The van der Waals surface area contributed by atoms with Gasteiger partial charge in [0.15, 0.2) is 0 Å². The van der Waals surface area contributed by atoms with Gasteiger partial charge in [0.05, 0.1) is 5.69 Å². The van der Waals surface area contributed by atoms with Crippen LogP contribution >= 0.6 is 0 Å². The molecule has 0 fully saturated rings. The standard InChI is InChI=1S/C23H22N2O3/c1-17-12-13-20(21(26)14-17)24-22(27)23(28)25(15-18-8-4-2-5-9-18)16-19-10-6-3-7-11-19/h2-14,26H,15-16H2,1H3,(H,24,27). The number of phenolic OH excluding ortho intramolecular Hbond substituents is 1. The summed E-state index contributed by atoms with van der Waals surface area (Å²) < 4.78 is 0. The van der Waals surface area contributed by atoms with E-state index in [2.05, 4.69) is 5.32 Å². The molecule has 0 saturated heterocycles. The molecule has 142 valence electrons. The van der Waals surface area contributed by atoms with Crippen molar-refractivity contribution in [3.63, 3.8) is 0 Å². The second-order valence-corrected chi connectivity index (χ2v) is 6.61. The van der Waals surface area contributed by atoms with Crippen LogP contribution in [0.3, 0.4) is 0 Å². The number of carbonyl (C=O) groups excluding carboxylic acids is 2. The maximum Gasteiger partial charge on any atom is 0.314 e. The minimum Gasteiger partial charge on any atom is -0.506 e. The second-order valence-electron chi connectivity index (χ2n) is 6.61. The summed E-state index contributed by atoms with van der Waals surface area (Å²) in [5.74, 6) is -1.52. The number of carbonyl (C=O) groups is 2. The van der Waals surface area contributed by atoms with Crippen molar-refractivity contribution >= 4 is 17.5 Å². The van der Waals surface area contributed by atoms with Crippen LogP contribution in [-0.4, -0.2) is 21.8 Å². The highest BCUT2D eigenvalue weighted by Crippen LogP contribution is 2.24. The van der Waals surface area contributed by atoms with Crippen molar-refractivity contribution in [3.8, 4) is 5.75 Å². The molecule has 0 aliphatic heterocycles. The van der Waals surface area contributed by atoms with Crippen molar-refractivity contribution in [1.29, 1.82) is 0 Å². The lowest BCUT2D eigenvalue weighted by atomic mass is 10.1. The number of amides is 2. The number of aryl methyl sites for hydroxylation is 1. The topological polar surface area (TPSA) is 69.6 Å². The van der Waals surface area contributed by atoms with E-state index in [4.69, 9.17) is 0 Å². The highest BCUT2D eigenvalue weighted by Gasteiger charge is 2.23. The van der Waals surface area contributed by atoms with Crippen LogP contribution in [0.2, 0.25) is 0 Å². The molecule has 5 heteroatoms. The lowest BCUT2D eigenvalue weighted by Crippen LogP contribution is -2.39. The summed E-state index contributed by atoms with van der Waals surface area (Å²) >= 11 is 0. The zero-order valence-electron chi connectivity index (χ0n) is 15.6. The molecule has 0 radical (unpaired) electrons. The number of hydrogen-bond donors (Lipinski definition) is 2. The monoisotopic (exact) mass is 374 g/mol. The molecule has 0 atom stereocenters. The van der Waals surface area contributed by atoms with Crippen molar-refractivity contribution in [2.75, 3.05) is 5.32 Å². The summed E-state index contributed by atoms with van der Waals surface area (Å²) in [5.41, 5.74) is 2.93. The third-order valence-electron chi connectivity index (χ3n) is 4.32. The number of benzene rings is 3. The van der Waals surface area contributed by atoms with E-state index in [0.29, 0.717) is 13.1 Å². The summed E-state index contributed by atoms with van der Waals surface area (Å²) in [6.07, 6.45) is 0. The highest BCUT2D eigenvalue weighted by molar-refractivity contribution is 6.39. The van der Waals surface area contributed by atoms with Gasteiger partial charge < -0.3 is 15.3 Å². The minimum atomic E-state index is -0.786. The van der Waals surface area contributed by atoms with E-state index >= 15 is 0 Å². The third-order valence-corrected chi connectivity index (χ3v) is 4.32. The van der Waals surface area contributed by atoms with Gasteiger partial charge in [-0.05, 0) is 35.7 Å². The number of rotatable bonds is 5. The average Bonchev–Trinajstić information content (AvgIpc) is 2.70. The number of nitrogens with one attached hydrogen (secondary N) is 1. The molecule has 3 aromatic carbocycles. The van der Waals surface area contributed by atoms with Gasteiger partial charge in [0.2, 0.25) is 0 Å². The molecule has 0 saturated carbocycles. The summed E-state index contributed by atoms with van der Waals surface area (Å²) in [4.78, 5) is 26.9. The largest absolute Gasteiger partial charge is 0.506 e. The Kier molecular flexibility index (Phi) is 6.07. The molecule has 0 aliphatic rings. The number of anilines is 1. The number of phenols is 1. The Morgan fingerprint density at radius 3 is 1.89 bits per heavy atom. The number of aromatic hydroxyl groups is 1. The Balaban J connectivity index is 1.79. The molecule has 0 unspecified atom stereocenters. The van der Waals surface area contributed by atoms with Crippen molar-refractivity contribution in [2.24, 2.45) is 0 Å². The van der Waals surface area contributed by atoms with Crippen molar-refractivity contribution in [2.45, 2.75) is 20.0 Å². The fraction of sp³-hybridized carbons (Fsp3) is 0.130. The van der Waals surface area contributed by atoms with Crippen LogP contribution in [-0.2, 0) is 22.7 Å². The minimum absolute atomic E-state index is 0.0705.